The Hall–Kier alpha value is -0.930. The molecule has 0 spiro atoms. The molecule has 0 heterocycles. The van der Waals surface area contributed by atoms with Crippen LogP contribution < -0.4 is 0 Å². The van der Waals surface area contributed by atoms with E-state index in [0.717, 1.165) is 5.56 Å². The molecule has 1 rings (SSSR count). The lowest BCUT2D eigenvalue weighted by Gasteiger charge is -2.11. The maximum Gasteiger partial charge on any atom is 0.125 e. The molecule has 1 unspecified atom stereocenters. The fraction of sp³-hybridized carbons (Fsp3) is 0.455. The average molecular weight is 198 g/mol. The van der Waals surface area contributed by atoms with Crippen molar-refractivity contribution in [1.29, 1.82) is 0 Å². The van der Waals surface area contributed by atoms with Crippen molar-refractivity contribution < 1.29 is 14.2 Å². The first-order chi connectivity index (χ1) is 6.70. The predicted octanol–water partition coefficient (Wildman–Crippen LogP) is 1.92. The molecule has 14 heavy (non-hydrogen) atoms. The van der Waals surface area contributed by atoms with E-state index in [2.05, 4.69) is 0 Å². The van der Waals surface area contributed by atoms with Gasteiger partial charge in [-0.3, -0.25) is 0 Å². The third kappa shape index (κ3) is 3.85. The number of hydrogen-bond donors (Lipinski definition) is 1. The van der Waals surface area contributed by atoms with Crippen LogP contribution in [0.5, 0.6) is 0 Å². The molecule has 3 heteroatoms. The van der Waals surface area contributed by atoms with E-state index in [0.29, 0.717) is 6.61 Å². The molecule has 0 fully saturated rings. The lowest BCUT2D eigenvalue weighted by Crippen LogP contribution is -2.24. The normalized spacial score (nSPS) is 15.1. The van der Waals surface area contributed by atoms with E-state index in [4.69, 9.17) is 9.84 Å². The van der Waals surface area contributed by atoms with Crippen molar-refractivity contribution in [1.82, 2.24) is 0 Å². The maximum absolute atomic E-state index is 12.5. The van der Waals surface area contributed by atoms with Crippen LogP contribution in [-0.2, 0) is 11.3 Å². The van der Waals surface area contributed by atoms with E-state index in [9.17, 15) is 4.39 Å². The van der Waals surface area contributed by atoms with E-state index < -0.39 is 12.3 Å². The minimum Gasteiger partial charge on any atom is -0.388 e. The zero-order chi connectivity index (χ0) is 10.4. The zero-order valence-electron chi connectivity index (χ0n) is 8.19. The van der Waals surface area contributed by atoms with Crippen molar-refractivity contribution in [3.63, 3.8) is 0 Å². The highest BCUT2D eigenvalue weighted by Crippen LogP contribution is 2.03. The van der Waals surface area contributed by atoms with Crippen molar-refractivity contribution in [2.45, 2.75) is 25.8 Å². The van der Waals surface area contributed by atoms with E-state index in [1.807, 2.05) is 30.3 Å². The molecular weight excluding hydrogens is 183 g/mol. The summed E-state index contributed by atoms with van der Waals surface area (Å²) in [6.45, 7) is 1.76. The summed E-state index contributed by atoms with van der Waals surface area (Å²) in [6.07, 6.45) is -2.27. The first-order valence-corrected chi connectivity index (χ1v) is 4.64. The van der Waals surface area contributed by atoms with Gasteiger partial charge in [0.2, 0.25) is 0 Å². The molecule has 0 aromatic heterocycles. The molecular formula is C11H15FO2. The monoisotopic (exact) mass is 198 g/mol. The van der Waals surface area contributed by atoms with Crippen LogP contribution in [0.15, 0.2) is 30.3 Å². The Kier molecular flexibility index (Phi) is 4.56. The van der Waals surface area contributed by atoms with Crippen LogP contribution in [0.4, 0.5) is 4.39 Å². The van der Waals surface area contributed by atoms with Crippen LogP contribution >= 0.6 is 0 Å². The Labute approximate surface area is 83.3 Å². The molecule has 0 aliphatic rings. The molecule has 0 saturated carbocycles. The molecule has 1 N–H and O–H groups in total. The van der Waals surface area contributed by atoms with E-state index in [1.54, 1.807) is 0 Å². The quantitative estimate of drug-likeness (QED) is 0.783. The molecule has 78 valence electrons. The van der Waals surface area contributed by atoms with Crippen LogP contribution in [-0.4, -0.2) is 24.0 Å². The van der Waals surface area contributed by atoms with Gasteiger partial charge in [-0.1, -0.05) is 30.3 Å². The fourth-order valence-electron chi connectivity index (χ4n) is 1.00. The second-order valence-electron chi connectivity index (χ2n) is 3.25. The summed E-state index contributed by atoms with van der Waals surface area (Å²) in [5.41, 5.74) is 1.02. The Morgan fingerprint density at radius 3 is 2.57 bits per heavy atom. The minimum atomic E-state index is -1.24. The van der Waals surface area contributed by atoms with Gasteiger partial charge in [0.05, 0.1) is 13.2 Å². The summed E-state index contributed by atoms with van der Waals surface area (Å²) in [6, 6.07) is 9.58. The molecule has 2 atom stereocenters. The van der Waals surface area contributed by atoms with Crippen LogP contribution in [0.2, 0.25) is 0 Å². The van der Waals surface area contributed by atoms with Gasteiger partial charge in [0.25, 0.3) is 0 Å². The van der Waals surface area contributed by atoms with Crippen molar-refractivity contribution in [2.75, 3.05) is 6.61 Å². The average Bonchev–Trinajstić information content (AvgIpc) is 2.19. The van der Waals surface area contributed by atoms with Crippen molar-refractivity contribution in [2.24, 2.45) is 0 Å². The topological polar surface area (TPSA) is 29.5 Å². The van der Waals surface area contributed by atoms with Gasteiger partial charge < -0.3 is 9.84 Å². The van der Waals surface area contributed by atoms with Crippen LogP contribution in [0.3, 0.4) is 0 Å². The minimum absolute atomic E-state index is 0.0343. The Bertz CT molecular complexity index is 249. The molecule has 0 aliphatic carbocycles. The highest BCUT2D eigenvalue weighted by atomic mass is 19.1. The smallest absolute Gasteiger partial charge is 0.125 e. The maximum atomic E-state index is 12.5. The third-order valence-electron chi connectivity index (χ3n) is 1.93. The van der Waals surface area contributed by atoms with Gasteiger partial charge in [-0.25, -0.2) is 4.39 Å². The first kappa shape index (κ1) is 11.1. The molecule has 0 bridgehead atoms. The van der Waals surface area contributed by atoms with Crippen LogP contribution in [0, 0.1) is 0 Å². The molecule has 0 aliphatic heterocycles. The molecule has 0 saturated heterocycles. The summed E-state index contributed by atoms with van der Waals surface area (Å²) in [5.74, 6) is 0. The van der Waals surface area contributed by atoms with Crippen molar-refractivity contribution >= 4 is 0 Å². The number of aliphatic hydroxyl groups is 1. The second kappa shape index (κ2) is 5.73. The summed E-state index contributed by atoms with van der Waals surface area (Å²) in [7, 11) is 0. The van der Waals surface area contributed by atoms with E-state index in [1.165, 1.54) is 6.92 Å². The second-order valence-corrected chi connectivity index (χ2v) is 3.25. The SMILES string of the molecule is C[C@H](F)C(O)COCc1ccccc1. The van der Waals surface area contributed by atoms with Gasteiger partial charge in [-0.05, 0) is 12.5 Å². The van der Waals surface area contributed by atoms with Crippen LogP contribution in [0.1, 0.15) is 12.5 Å². The molecule has 2 nitrogen and oxygen atoms in total. The van der Waals surface area contributed by atoms with E-state index in [-0.39, 0.29) is 6.61 Å². The van der Waals surface area contributed by atoms with Gasteiger partial charge in [0, 0.05) is 0 Å². The molecule has 0 radical (unpaired) electrons. The largest absolute Gasteiger partial charge is 0.388 e. The Morgan fingerprint density at radius 1 is 1.36 bits per heavy atom. The zero-order valence-corrected chi connectivity index (χ0v) is 8.19. The summed E-state index contributed by atoms with van der Waals surface area (Å²) in [4.78, 5) is 0. The Morgan fingerprint density at radius 2 is 2.00 bits per heavy atom. The number of hydrogen-bond acceptors (Lipinski definition) is 2. The van der Waals surface area contributed by atoms with Gasteiger partial charge in [0.1, 0.15) is 12.3 Å². The highest BCUT2D eigenvalue weighted by Gasteiger charge is 2.12. The van der Waals surface area contributed by atoms with Gasteiger partial charge in [-0.2, -0.15) is 0 Å². The Balaban J connectivity index is 2.22. The molecule has 1 aromatic rings. The summed E-state index contributed by atoms with van der Waals surface area (Å²) < 4.78 is 17.6. The van der Waals surface area contributed by atoms with Gasteiger partial charge in [0.15, 0.2) is 0 Å². The number of aliphatic hydroxyl groups excluding tert-OH is 1. The highest BCUT2D eigenvalue weighted by molar-refractivity contribution is 5.13. The molecule has 0 amide bonds. The number of halogens is 1. The van der Waals surface area contributed by atoms with Gasteiger partial charge in [-0.15, -0.1) is 0 Å². The van der Waals surface area contributed by atoms with E-state index >= 15 is 0 Å². The van der Waals surface area contributed by atoms with Crippen molar-refractivity contribution in [3.05, 3.63) is 35.9 Å². The lowest BCUT2D eigenvalue weighted by atomic mass is 10.2. The third-order valence-corrected chi connectivity index (χ3v) is 1.93. The first-order valence-electron chi connectivity index (χ1n) is 4.64. The van der Waals surface area contributed by atoms with Crippen molar-refractivity contribution in [3.8, 4) is 0 Å². The lowest BCUT2D eigenvalue weighted by molar-refractivity contribution is -0.00767. The summed E-state index contributed by atoms with van der Waals surface area (Å²) in [5, 5.41) is 9.10. The van der Waals surface area contributed by atoms with Crippen LogP contribution in [0.25, 0.3) is 0 Å². The number of rotatable bonds is 5. The summed E-state index contributed by atoms with van der Waals surface area (Å²) >= 11 is 0. The molecule has 1 aromatic carbocycles. The number of ether oxygens (including phenoxy) is 1. The predicted molar refractivity (Wildman–Crippen MR) is 52.7 cm³/mol. The number of benzene rings is 1. The van der Waals surface area contributed by atoms with Gasteiger partial charge >= 0.3 is 0 Å². The standard InChI is InChI=1S/C11H15FO2/c1-9(12)11(13)8-14-7-10-5-3-2-4-6-10/h2-6,9,11,13H,7-8H2,1H3/t9-,11?/m0/s1. The fourth-order valence-corrected chi connectivity index (χ4v) is 1.00. The number of alkyl halides is 1.